The Hall–Kier alpha value is -5.13. The van der Waals surface area contributed by atoms with Crippen molar-refractivity contribution in [1.82, 2.24) is 24.7 Å². The molecule has 3 heterocycles. The van der Waals surface area contributed by atoms with Gasteiger partial charge in [0.1, 0.15) is 28.6 Å². The predicted octanol–water partition coefficient (Wildman–Crippen LogP) is 5.54. The second-order valence-electron chi connectivity index (χ2n) is 8.70. The number of methoxy groups -OCH3 is 1. The highest BCUT2D eigenvalue weighted by Gasteiger charge is 2.21. The van der Waals surface area contributed by atoms with E-state index < -0.39 is 17.6 Å². The van der Waals surface area contributed by atoms with Crippen molar-refractivity contribution in [2.75, 3.05) is 25.6 Å². The second kappa shape index (κ2) is 11.9. The SMILES string of the molecule is CCOC(=O)c1cnccc1Nc1nc(-c2nn(Cc3c(F)cc(OCC)cc3F)c3ccccc23)ncc1OC. The zero-order valence-corrected chi connectivity index (χ0v) is 22.5. The molecule has 0 aliphatic rings. The summed E-state index contributed by atoms with van der Waals surface area (Å²) in [5.41, 5.74) is 1.47. The lowest BCUT2D eigenvalue weighted by Crippen LogP contribution is -2.10. The van der Waals surface area contributed by atoms with Crippen LogP contribution in [-0.2, 0) is 11.3 Å². The van der Waals surface area contributed by atoms with Crippen LogP contribution in [0.2, 0.25) is 0 Å². The minimum atomic E-state index is -0.739. The highest BCUT2D eigenvalue weighted by molar-refractivity contribution is 5.96. The molecular formula is C29H26F2N6O4. The third-order valence-electron chi connectivity index (χ3n) is 6.15. The lowest BCUT2D eigenvalue weighted by Gasteiger charge is -2.13. The fraction of sp³-hybridized carbons (Fsp3) is 0.207. The summed E-state index contributed by atoms with van der Waals surface area (Å²) in [5, 5.41) is 8.42. The Balaban J connectivity index is 1.55. The van der Waals surface area contributed by atoms with Crippen molar-refractivity contribution in [2.24, 2.45) is 0 Å². The summed E-state index contributed by atoms with van der Waals surface area (Å²) in [7, 11) is 1.46. The lowest BCUT2D eigenvalue weighted by atomic mass is 10.1. The molecule has 0 radical (unpaired) electrons. The summed E-state index contributed by atoms with van der Waals surface area (Å²) in [6, 6.07) is 11.2. The van der Waals surface area contributed by atoms with Crippen LogP contribution in [0.15, 0.2) is 61.1 Å². The zero-order chi connectivity index (χ0) is 28.9. The first kappa shape index (κ1) is 27.4. The van der Waals surface area contributed by atoms with E-state index in [1.54, 1.807) is 32.0 Å². The fourth-order valence-corrected chi connectivity index (χ4v) is 4.27. The van der Waals surface area contributed by atoms with Gasteiger partial charge in [-0.05, 0) is 26.0 Å². The first-order chi connectivity index (χ1) is 19.9. The lowest BCUT2D eigenvalue weighted by molar-refractivity contribution is 0.0527. The number of nitrogens with zero attached hydrogens (tertiary/aromatic N) is 5. The van der Waals surface area contributed by atoms with Gasteiger partial charge in [0, 0.05) is 35.5 Å². The third kappa shape index (κ3) is 5.62. The molecule has 2 aromatic carbocycles. The topological polar surface area (TPSA) is 113 Å². The average molecular weight is 561 g/mol. The molecule has 41 heavy (non-hydrogen) atoms. The van der Waals surface area contributed by atoms with Gasteiger partial charge in [-0.25, -0.2) is 23.5 Å². The Morgan fingerprint density at radius 1 is 1.05 bits per heavy atom. The summed E-state index contributed by atoms with van der Waals surface area (Å²) in [4.78, 5) is 25.5. The minimum absolute atomic E-state index is 0.115. The van der Waals surface area contributed by atoms with Crippen molar-refractivity contribution in [3.8, 4) is 23.0 Å². The van der Waals surface area contributed by atoms with Gasteiger partial charge in [0.2, 0.25) is 0 Å². The highest BCUT2D eigenvalue weighted by atomic mass is 19.1. The number of aromatic nitrogens is 5. The number of hydrogen-bond donors (Lipinski definition) is 1. The Morgan fingerprint density at radius 3 is 2.56 bits per heavy atom. The number of carbonyl (C=O) groups excluding carboxylic acids is 1. The van der Waals surface area contributed by atoms with Crippen molar-refractivity contribution >= 4 is 28.4 Å². The van der Waals surface area contributed by atoms with E-state index in [4.69, 9.17) is 14.2 Å². The van der Waals surface area contributed by atoms with Gasteiger partial charge in [-0.15, -0.1) is 0 Å². The molecule has 0 saturated heterocycles. The molecule has 210 valence electrons. The molecule has 10 nitrogen and oxygen atoms in total. The molecule has 3 aromatic heterocycles. The van der Waals surface area contributed by atoms with Crippen LogP contribution in [0, 0.1) is 11.6 Å². The molecule has 5 rings (SSSR count). The molecule has 0 saturated carbocycles. The molecule has 5 aromatic rings. The molecule has 0 amide bonds. The molecule has 0 atom stereocenters. The van der Waals surface area contributed by atoms with Gasteiger partial charge in [0.25, 0.3) is 0 Å². The fourth-order valence-electron chi connectivity index (χ4n) is 4.27. The monoisotopic (exact) mass is 560 g/mol. The van der Waals surface area contributed by atoms with E-state index >= 15 is 0 Å². The zero-order valence-electron chi connectivity index (χ0n) is 22.5. The predicted molar refractivity (Wildman–Crippen MR) is 147 cm³/mol. The highest BCUT2D eigenvalue weighted by Crippen LogP contribution is 2.32. The molecular weight excluding hydrogens is 534 g/mol. The van der Waals surface area contributed by atoms with Gasteiger partial charge in [0.15, 0.2) is 17.4 Å². The smallest absolute Gasteiger partial charge is 0.341 e. The first-order valence-electron chi connectivity index (χ1n) is 12.8. The number of hydrogen-bond acceptors (Lipinski definition) is 9. The largest absolute Gasteiger partial charge is 0.494 e. The maximum absolute atomic E-state index is 14.9. The van der Waals surface area contributed by atoms with E-state index in [0.29, 0.717) is 28.0 Å². The summed E-state index contributed by atoms with van der Waals surface area (Å²) in [5.74, 6) is -1.12. The third-order valence-corrected chi connectivity index (χ3v) is 6.15. The summed E-state index contributed by atoms with van der Waals surface area (Å²) >= 11 is 0. The van der Waals surface area contributed by atoms with Gasteiger partial charge in [-0.3, -0.25) is 9.67 Å². The van der Waals surface area contributed by atoms with E-state index in [9.17, 15) is 13.6 Å². The molecule has 0 bridgehead atoms. The normalized spacial score (nSPS) is 11.0. The van der Waals surface area contributed by atoms with E-state index in [1.807, 2.05) is 12.1 Å². The standard InChI is InChI=1S/C29H26F2N6O4/c1-4-40-17-12-21(30)20(22(31)13-17)16-37-24-9-7-6-8-18(24)26(36-37)28-33-15-25(39-3)27(35-28)34-23-10-11-32-14-19(23)29(38)41-5-2/h6-15H,4-5,16H2,1-3H3,(H,32,33,34,35). The number of nitrogens with one attached hydrogen (secondary N) is 1. The Labute approximate surface area is 233 Å². The van der Waals surface area contributed by atoms with Crippen molar-refractivity contribution < 1.29 is 27.8 Å². The van der Waals surface area contributed by atoms with E-state index in [-0.39, 0.29) is 48.3 Å². The second-order valence-corrected chi connectivity index (χ2v) is 8.70. The molecule has 1 N–H and O–H groups in total. The number of fused-ring (bicyclic) bond motifs is 1. The number of pyridine rings is 1. The van der Waals surface area contributed by atoms with Gasteiger partial charge in [-0.2, -0.15) is 5.10 Å². The minimum Gasteiger partial charge on any atom is -0.494 e. The number of esters is 1. The molecule has 0 aliphatic heterocycles. The number of anilines is 2. The van der Waals surface area contributed by atoms with Crippen LogP contribution >= 0.6 is 0 Å². The first-order valence-corrected chi connectivity index (χ1v) is 12.8. The quantitative estimate of drug-likeness (QED) is 0.220. The molecule has 0 fully saturated rings. The molecule has 12 heteroatoms. The summed E-state index contributed by atoms with van der Waals surface area (Å²) < 4.78 is 47.1. The average Bonchev–Trinajstić information content (AvgIpc) is 3.34. The Morgan fingerprint density at radius 2 is 1.83 bits per heavy atom. The van der Waals surface area contributed by atoms with Crippen LogP contribution in [0.25, 0.3) is 22.4 Å². The van der Waals surface area contributed by atoms with E-state index in [0.717, 1.165) is 12.1 Å². The van der Waals surface area contributed by atoms with Crippen LogP contribution in [0.4, 0.5) is 20.3 Å². The van der Waals surface area contributed by atoms with Gasteiger partial charge >= 0.3 is 5.97 Å². The molecule has 0 spiro atoms. The van der Waals surface area contributed by atoms with Crippen molar-refractivity contribution in [2.45, 2.75) is 20.4 Å². The number of halogens is 2. The summed E-state index contributed by atoms with van der Waals surface area (Å²) in [6.45, 7) is 3.76. The maximum Gasteiger partial charge on any atom is 0.341 e. The van der Waals surface area contributed by atoms with E-state index in [2.05, 4.69) is 25.4 Å². The van der Waals surface area contributed by atoms with Crippen molar-refractivity contribution in [3.63, 3.8) is 0 Å². The maximum atomic E-state index is 14.9. The number of carbonyl (C=O) groups is 1. The van der Waals surface area contributed by atoms with Gasteiger partial charge in [0.05, 0.1) is 44.3 Å². The van der Waals surface area contributed by atoms with E-state index in [1.165, 1.54) is 30.4 Å². The van der Waals surface area contributed by atoms with Crippen LogP contribution in [0.1, 0.15) is 29.8 Å². The van der Waals surface area contributed by atoms with Gasteiger partial charge in [-0.1, -0.05) is 18.2 Å². The van der Waals surface area contributed by atoms with Crippen LogP contribution in [0.5, 0.6) is 11.5 Å². The number of para-hydroxylation sites is 1. The Bertz CT molecular complexity index is 1700. The molecule has 0 unspecified atom stereocenters. The van der Waals surface area contributed by atoms with Crippen LogP contribution in [0.3, 0.4) is 0 Å². The molecule has 0 aliphatic carbocycles. The van der Waals surface area contributed by atoms with Crippen LogP contribution < -0.4 is 14.8 Å². The number of benzene rings is 2. The number of ether oxygens (including phenoxy) is 3. The van der Waals surface area contributed by atoms with Gasteiger partial charge < -0.3 is 19.5 Å². The Kier molecular flexibility index (Phi) is 7.99. The number of rotatable bonds is 10. The van der Waals surface area contributed by atoms with Crippen LogP contribution in [-0.4, -0.2) is 51.0 Å². The van der Waals surface area contributed by atoms with Crippen molar-refractivity contribution in [1.29, 1.82) is 0 Å². The summed E-state index contributed by atoms with van der Waals surface area (Å²) in [6.07, 6.45) is 4.38. The van der Waals surface area contributed by atoms with Crippen molar-refractivity contribution in [3.05, 3.63) is 83.8 Å².